The van der Waals surface area contributed by atoms with Gasteiger partial charge in [-0.1, -0.05) is 35.8 Å². The smallest absolute Gasteiger partial charge is 0.0320 e. The van der Waals surface area contributed by atoms with Gasteiger partial charge in [-0.05, 0) is 62.4 Å². The van der Waals surface area contributed by atoms with Crippen molar-refractivity contribution in [2.24, 2.45) is 5.92 Å². The van der Waals surface area contributed by atoms with Crippen molar-refractivity contribution in [3.8, 4) is 0 Å². The molecule has 0 heterocycles. The molecule has 1 atom stereocenters. The minimum atomic E-state index is 0.476. The highest BCUT2D eigenvalue weighted by Gasteiger charge is 2.13. The summed E-state index contributed by atoms with van der Waals surface area (Å²) in [5.41, 5.74) is 4.12. The summed E-state index contributed by atoms with van der Waals surface area (Å²) in [6.45, 7) is 8.92. The van der Waals surface area contributed by atoms with E-state index in [1.807, 2.05) is 0 Å². The van der Waals surface area contributed by atoms with Gasteiger partial charge in [-0.25, -0.2) is 0 Å². The summed E-state index contributed by atoms with van der Waals surface area (Å²) in [4.78, 5) is 0. The molecule has 1 nitrogen and oxygen atoms in total. The molecule has 2 heteroatoms. The molecule has 1 unspecified atom stereocenters. The normalized spacial score (nSPS) is 13.1. The summed E-state index contributed by atoms with van der Waals surface area (Å²) in [5, 5.41) is 3.45. The number of hydrogen-bond acceptors (Lipinski definition) is 1. The van der Waals surface area contributed by atoms with Crippen LogP contribution in [0.2, 0.25) is 0 Å². The zero-order valence-corrected chi connectivity index (χ0v) is 13.2. The molecule has 0 aliphatic heterocycles. The number of rotatable bonds is 5. The summed E-state index contributed by atoms with van der Waals surface area (Å²) in [6.07, 6.45) is 2.47. The number of benzene rings is 1. The molecule has 0 aromatic heterocycles. The molecule has 0 bridgehead atoms. The van der Waals surface area contributed by atoms with E-state index < -0.39 is 0 Å². The van der Waals surface area contributed by atoms with Gasteiger partial charge in [0.25, 0.3) is 0 Å². The SMILES string of the molecule is CNC(CCC(C)C)c1cc(C)c(Br)cc1C. The molecule has 96 valence electrons. The van der Waals surface area contributed by atoms with E-state index >= 15 is 0 Å². The van der Waals surface area contributed by atoms with Gasteiger partial charge in [-0.15, -0.1) is 0 Å². The molecule has 17 heavy (non-hydrogen) atoms. The van der Waals surface area contributed by atoms with Gasteiger partial charge in [0.15, 0.2) is 0 Å². The Morgan fingerprint density at radius 3 is 2.29 bits per heavy atom. The van der Waals surface area contributed by atoms with Crippen LogP contribution < -0.4 is 5.32 Å². The van der Waals surface area contributed by atoms with Crippen LogP contribution in [0.1, 0.15) is 49.4 Å². The van der Waals surface area contributed by atoms with Gasteiger partial charge in [0.05, 0.1) is 0 Å². The van der Waals surface area contributed by atoms with Gasteiger partial charge >= 0.3 is 0 Å². The summed E-state index contributed by atoms with van der Waals surface area (Å²) < 4.78 is 1.21. The number of halogens is 1. The monoisotopic (exact) mass is 297 g/mol. The largest absolute Gasteiger partial charge is 0.313 e. The maximum absolute atomic E-state index is 3.59. The Kier molecular flexibility index (Phi) is 5.68. The second kappa shape index (κ2) is 6.55. The molecule has 1 rings (SSSR count). The lowest BCUT2D eigenvalue weighted by Crippen LogP contribution is -2.18. The highest BCUT2D eigenvalue weighted by Crippen LogP contribution is 2.28. The van der Waals surface area contributed by atoms with Crippen LogP contribution >= 0.6 is 15.9 Å². The third kappa shape index (κ3) is 4.11. The number of nitrogens with one attached hydrogen (secondary N) is 1. The lowest BCUT2D eigenvalue weighted by atomic mass is 9.93. The first kappa shape index (κ1) is 14.7. The second-order valence-electron chi connectivity index (χ2n) is 5.27. The topological polar surface area (TPSA) is 12.0 Å². The Bertz CT molecular complexity index is 371. The lowest BCUT2D eigenvalue weighted by Gasteiger charge is -2.21. The van der Waals surface area contributed by atoms with Crippen molar-refractivity contribution >= 4 is 15.9 Å². The molecule has 0 aliphatic carbocycles. The van der Waals surface area contributed by atoms with E-state index in [0.717, 1.165) is 5.92 Å². The van der Waals surface area contributed by atoms with Crippen LogP contribution in [0.25, 0.3) is 0 Å². The minimum absolute atomic E-state index is 0.476. The Morgan fingerprint density at radius 1 is 1.12 bits per heavy atom. The average molecular weight is 298 g/mol. The average Bonchev–Trinajstić information content (AvgIpc) is 2.25. The molecule has 0 aliphatic rings. The molecule has 0 saturated carbocycles. The lowest BCUT2D eigenvalue weighted by molar-refractivity contribution is 0.463. The van der Waals surface area contributed by atoms with Crippen LogP contribution in [-0.2, 0) is 0 Å². The van der Waals surface area contributed by atoms with Crippen LogP contribution in [-0.4, -0.2) is 7.05 Å². The van der Waals surface area contributed by atoms with Crippen molar-refractivity contribution in [3.05, 3.63) is 33.3 Å². The Morgan fingerprint density at radius 2 is 1.76 bits per heavy atom. The van der Waals surface area contributed by atoms with Gasteiger partial charge in [0.1, 0.15) is 0 Å². The van der Waals surface area contributed by atoms with Gasteiger partial charge in [0.2, 0.25) is 0 Å². The van der Waals surface area contributed by atoms with Crippen molar-refractivity contribution < 1.29 is 0 Å². The van der Waals surface area contributed by atoms with E-state index in [2.05, 4.69) is 68.1 Å². The maximum Gasteiger partial charge on any atom is 0.0320 e. The number of hydrogen-bond donors (Lipinski definition) is 1. The van der Waals surface area contributed by atoms with E-state index in [-0.39, 0.29) is 0 Å². The highest BCUT2D eigenvalue weighted by molar-refractivity contribution is 9.10. The first-order valence-corrected chi connectivity index (χ1v) is 7.19. The van der Waals surface area contributed by atoms with Crippen LogP contribution in [0.3, 0.4) is 0 Å². The zero-order valence-electron chi connectivity index (χ0n) is 11.6. The first-order valence-electron chi connectivity index (χ1n) is 6.39. The molecule has 0 spiro atoms. The minimum Gasteiger partial charge on any atom is -0.313 e. The molecule has 1 aromatic carbocycles. The van der Waals surface area contributed by atoms with Crippen LogP contribution in [0, 0.1) is 19.8 Å². The van der Waals surface area contributed by atoms with Crippen molar-refractivity contribution in [1.82, 2.24) is 5.32 Å². The summed E-state index contributed by atoms with van der Waals surface area (Å²) in [7, 11) is 2.06. The molecule has 0 amide bonds. The van der Waals surface area contributed by atoms with Gasteiger partial charge in [-0.3, -0.25) is 0 Å². The standard InChI is InChI=1S/C15H24BrN/c1-10(2)6-7-15(17-5)13-8-12(4)14(16)9-11(13)3/h8-10,15,17H,6-7H2,1-5H3. The molecule has 1 N–H and O–H groups in total. The van der Waals surface area contributed by atoms with Crippen molar-refractivity contribution in [1.29, 1.82) is 0 Å². The second-order valence-corrected chi connectivity index (χ2v) is 6.12. The predicted octanol–water partition coefficient (Wildman–Crippen LogP) is 4.76. The first-order chi connectivity index (χ1) is 7.95. The quantitative estimate of drug-likeness (QED) is 0.826. The van der Waals surface area contributed by atoms with E-state index in [1.54, 1.807) is 0 Å². The van der Waals surface area contributed by atoms with Gasteiger partial charge in [-0.2, -0.15) is 0 Å². The Hall–Kier alpha value is -0.340. The maximum atomic E-state index is 3.59. The molecule has 0 saturated heterocycles. The third-order valence-electron chi connectivity index (χ3n) is 3.30. The fourth-order valence-electron chi connectivity index (χ4n) is 2.13. The fourth-order valence-corrected chi connectivity index (χ4v) is 2.59. The highest BCUT2D eigenvalue weighted by atomic mass is 79.9. The van der Waals surface area contributed by atoms with E-state index in [0.29, 0.717) is 6.04 Å². The van der Waals surface area contributed by atoms with Crippen molar-refractivity contribution in [2.45, 2.75) is 46.6 Å². The zero-order chi connectivity index (χ0) is 13.0. The molecular weight excluding hydrogens is 274 g/mol. The molecule has 0 fully saturated rings. The van der Waals surface area contributed by atoms with Crippen LogP contribution in [0.15, 0.2) is 16.6 Å². The Balaban J connectivity index is 2.91. The van der Waals surface area contributed by atoms with Crippen molar-refractivity contribution in [3.63, 3.8) is 0 Å². The molecule has 0 radical (unpaired) electrons. The van der Waals surface area contributed by atoms with Gasteiger partial charge < -0.3 is 5.32 Å². The third-order valence-corrected chi connectivity index (χ3v) is 4.16. The van der Waals surface area contributed by atoms with Gasteiger partial charge in [0, 0.05) is 10.5 Å². The summed E-state index contributed by atoms with van der Waals surface area (Å²) >= 11 is 3.59. The van der Waals surface area contributed by atoms with E-state index in [4.69, 9.17) is 0 Å². The number of aryl methyl sites for hydroxylation is 2. The van der Waals surface area contributed by atoms with Crippen LogP contribution in [0.4, 0.5) is 0 Å². The fraction of sp³-hybridized carbons (Fsp3) is 0.600. The predicted molar refractivity (Wildman–Crippen MR) is 79.5 cm³/mol. The molecular formula is C15H24BrN. The summed E-state index contributed by atoms with van der Waals surface area (Å²) in [6, 6.07) is 5.01. The Labute approximate surface area is 114 Å². The van der Waals surface area contributed by atoms with Crippen LogP contribution in [0.5, 0.6) is 0 Å². The summed E-state index contributed by atoms with van der Waals surface area (Å²) in [5.74, 6) is 0.766. The van der Waals surface area contributed by atoms with Crippen molar-refractivity contribution in [2.75, 3.05) is 7.05 Å². The van der Waals surface area contributed by atoms with E-state index in [9.17, 15) is 0 Å². The van der Waals surface area contributed by atoms with E-state index in [1.165, 1.54) is 34.0 Å². The molecule has 1 aromatic rings.